The van der Waals surface area contributed by atoms with Crippen LogP contribution in [0.1, 0.15) is 26.7 Å². The number of hydrogen-bond donors (Lipinski definition) is 0. The van der Waals surface area contributed by atoms with E-state index in [0.717, 1.165) is 0 Å². The summed E-state index contributed by atoms with van der Waals surface area (Å²) in [4.78, 5) is 21.9. The van der Waals surface area contributed by atoms with Crippen LogP contribution in [-0.4, -0.2) is 18.9 Å². The van der Waals surface area contributed by atoms with E-state index in [2.05, 4.69) is 4.74 Å². The summed E-state index contributed by atoms with van der Waals surface area (Å²) in [6, 6.07) is 0. The number of allylic oxidation sites excluding steroid dienone is 2. The molecule has 3 heteroatoms. The van der Waals surface area contributed by atoms with Crippen molar-refractivity contribution in [3.8, 4) is 0 Å². The van der Waals surface area contributed by atoms with Crippen LogP contribution in [0.2, 0.25) is 0 Å². The maximum absolute atomic E-state index is 11.2. The SMILES string of the molecule is C/C=C/C(C)CC(=O)CC(=O)OC. The van der Waals surface area contributed by atoms with Crippen LogP contribution >= 0.6 is 0 Å². The number of carbonyl (C=O) groups is 2. The highest BCUT2D eigenvalue weighted by Crippen LogP contribution is 2.06. The first-order valence-corrected chi connectivity index (χ1v) is 4.31. The average Bonchev–Trinajstić information content (AvgIpc) is 2.04. The molecule has 0 saturated heterocycles. The van der Waals surface area contributed by atoms with E-state index in [9.17, 15) is 9.59 Å². The van der Waals surface area contributed by atoms with E-state index in [1.165, 1.54) is 7.11 Å². The molecular formula is C10H16O3. The van der Waals surface area contributed by atoms with E-state index in [0.29, 0.717) is 6.42 Å². The third-order valence-electron chi connectivity index (χ3n) is 1.64. The van der Waals surface area contributed by atoms with Gasteiger partial charge in [0.25, 0.3) is 0 Å². The number of ether oxygens (including phenoxy) is 1. The molecule has 0 aromatic carbocycles. The van der Waals surface area contributed by atoms with Gasteiger partial charge in [-0.3, -0.25) is 9.59 Å². The van der Waals surface area contributed by atoms with E-state index in [1.54, 1.807) is 0 Å². The van der Waals surface area contributed by atoms with Crippen molar-refractivity contribution in [3.05, 3.63) is 12.2 Å². The van der Waals surface area contributed by atoms with Crippen LogP contribution < -0.4 is 0 Å². The number of methoxy groups -OCH3 is 1. The van der Waals surface area contributed by atoms with Gasteiger partial charge in [-0.25, -0.2) is 0 Å². The molecule has 3 nitrogen and oxygen atoms in total. The minimum Gasteiger partial charge on any atom is -0.469 e. The summed E-state index contributed by atoms with van der Waals surface area (Å²) in [5.41, 5.74) is 0. The van der Waals surface area contributed by atoms with Crippen molar-refractivity contribution in [3.63, 3.8) is 0 Å². The maximum Gasteiger partial charge on any atom is 0.313 e. The Kier molecular flexibility index (Phi) is 5.85. The molecule has 1 unspecified atom stereocenters. The highest BCUT2D eigenvalue weighted by atomic mass is 16.5. The van der Waals surface area contributed by atoms with Gasteiger partial charge in [0.2, 0.25) is 0 Å². The zero-order valence-electron chi connectivity index (χ0n) is 8.37. The highest BCUT2D eigenvalue weighted by Gasteiger charge is 2.11. The molecule has 0 bridgehead atoms. The summed E-state index contributed by atoms with van der Waals surface area (Å²) >= 11 is 0. The lowest BCUT2D eigenvalue weighted by Gasteiger charge is -2.03. The van der Waals surface area contributed by atoms with Gasteiger partial charge in [0.1, 0.15) is 12.2 Å². The van der Waals surface area contributed by atoms with Crippen molar-refractivity contribution in [2.75, 3.05) is 7.11 Å². The molecule has 74 valence electrons. The molecule has 0 aromatic heterocycles. The summed E-state index contributed by atoms with van der Waals surface area (Å²) in [7, 11) is 1.28. The first kappa shape index (κ1) is 11.9. The quantitative estimate of drug-likeness (QED) is 0.371. The molecule has 0 aromatic rings. The predicted molar refractivity (Wildman–Crippen MR) is 50.2 cm³/mol. The molecular weight excluding hydrogens is 168 g/mol. The number of ketones is 1. The Morgan fingerprint density at radius 2 is 2.08 bits per heavy atom. The molecule has 0 aliphatic heterocycles. The molecule has 13 heavy (non-hydrogen) atoms. The number of hydrogen-bond acceptors (Lipinski definition) is 3. The molecule has 0 saturated carbocycles. The smallest absolute Gasteiger partial charge is 0.313 e. The summed E-state index contributed by atoms with van der Waals surface area (Å²) in [5, 5.41) is 0. The van der Waals surface area contributed by atoms with Gasteiger partial charge in [-0.2, -0.15) is 0 Å². The summed E-state index contributed by atoms with van der Waals surface area (Å²) in [6.45, 7) is 3.84. The van der Waals surface area contributed by atoms with Gasteiger partial charge in [-0.1, -0.05) is 19.1 Å². The van der Waals surface area contributed by atoms with Crippen molar-refractivity contribution in [1.82, 2.24) is 0 Å². The van der Waals surface area contributed by atoms with Gasteiger partial charge in [0.05, 0.1) is 7.11 Å². The normalized spacial score (nSPS) is 12.8. The number of esters is 1. The van der Waals surface area contributed by atoms with E-state index in [4.69, 9.17) is 0 Å². The van der Waals surface area contributed by atoms with Crippen molar-refractivity contribution in [2.24, 2.45) is 5.92 Å². The number of carbonyl (C=O) groups excluding carboxylic acids is 2. The lowest BCUT2D eigenvalue weighted by Crippen LogP contribution is -2.11. The first-order chi connectivity index (χ1) is 6.10. The Balaban J connectivity index is 3.80. The van der Waals surface area contributed by atoms with Gasteiger partial charge in [-0.15, -0.1) is 0 Å². The average molecular weight is 184 g/mol. The Hall–Kier alpha value is -1.12. The second-order valence-electron chi connectivity index (χ2n) is 3.00. The minimum atomic E-state index is -0.460. The Bertz CT molecular complexity index is 206. The van der Waals surface area contributed by atoms with Gasteiger partial charge in [0, 0.05) is 6.42 Å². The van der Waals surface area contributed by atoms with E-state index in [-0.39, 0.29) is 18.1 Å². The summed E-state index contributed by atoms with van der Waals surface area (Å²) in [5.74, 6) is -0.336. The molecule has 0 aliphatic carbocycles. The molecule has 0 aliphatic rings. The van der Waals surface area contributed by atoms with Gasteiger partial charge >= 0.3 is 5.97 Å². The van der Waals surface area contributed by atoms with E-state index in [1.807, 2.05) is 26.0 Å². The zero-order chi connectivity index (χ0) is 10.3. The first-order valence-electron chi connectivity index (χ1n) is 4.31. The van der Waals surface area contributed by atoms with Gasteiger partial charge in [-0.05, 0) is 12.8 Å². The van der Waals surface area contributed by atoms with Crippen LogP contribution in [0, 0.1) is 5.92 Å². The van der Waals surface area contributed by atoms with E-state index >= 15 is 0 Å². The van der Waals surface area contributed by atoms with Gasteiger partial charge < -0.3 is 4.74 Å². The fourth-order valence-corrected chi connectivity index (χ4v) is 1.06. The lowest BCUT2D eigenvalue weighted by atomic mass is 10.0. The molecule has 0 fully saturated rings. The molecule has 0 amide bonds. The van der Waals surface area contributed by atoms with Crippen LogP contribution in [0.4, 0.5) is 0 Å². The van der Waals surface area contributed by atoms with Gasteiger partial charge in [0.15, 0.2) is 0 Å². The highest BCUT2D eigenvalue weighted by molar-refractivity contribution is 5.95. The maximum atomic E-state index is 11.2. The third kappa shape index (κ3) is 6.08. The summed E-state index contributed by atoms with van der Waals surface area (Å²) < 4.78 is 4.38. The minimum absolute atomic E-state index is 0.0718. The van der Waals surface area contributed by atoms with Crippen LogP contribution in [0.3, 0.4) is 0 Å². The van der Waals surface area contributed by atoms with Crippen LogP contribution in [0.15, 0.2) is 12.2 Å². The summed E-state index contributed by atoms with van der Waals surface area (Å²) in [6.07, 6.45) is 4.13. The predicted octanol–water partition coefficient (Wildman–Crippen LogP) is 1.72. The standard InChI is InChI=1S/C10H16O3/c1-4-5-8(2)6-9(11)7-10(12)13-3/h4-5,8H,6-7H2,1-3H3/b5-4+. The zero-order valence-corrected chi connectivity index (χ0v) is 8.37. The second-order valence-corrected chi connectivity index (χ2v) is 3.00. The number of Topliss-reactive ketones (excluding diaryl/α,β-unsaturated/α-hetero) is 1. The molecule has 0 heterocycles. The Morgan fingerprint density at radius 3 is 2.54 bits per heavy atom. The lowest BCUT2D eigenvalue weighted by molar-refractivity contribution is -0.143. The van der Waals surface area contributed by atoms with Crippen molar-refractivity contribution in [1.29, 1.82) is 0 Å². The Morgan fingerprint density at radius 1 is 1.46 bits per heavy atom. The monoisotopic (exact) mass is 184 g/mol. The van der Waals surface area contributed by atoms with E-state index < -0.39 is 5.97 Å². The van der Waals surface area contributed by atoms with Crippen LogP contribution in [0.25, 0.3) is 0 Å². The van der Waals surface area contributed by atoms with Crippen molar-refractivity contribution in [2.45, 2.75) is 26.7 Å². The Labute approximate surface area is 78.8 Å². The molecule has 0 N–H and O–H groups in total. The number of rotatable bonds is 5. The molecule has 1 atom stereocenters. The third-order valence-corrected chi connectivity index (χ3v) is 1.64. The fraction of sp³-hybridized carbons (Fsp3) is 0.600. The van der Waals surface area contributed by atoms with Crippen LogP contribution in [0.5, 0.6) is 0 Å². The molecule has 0 spiro atoms. The van der Waals surface area contributed by atoms with Crippen molar-refractivity contribution >= 4 is 11.8 Å². The topological polar surface area (TPSA) is 43.4 Å². The second kappa shape index (κ2) is 6.40. The largest absolute Gasteiger partial charge is 0.469 e. The van der Waals surface area contributed by atoms with Crippen molar-refractivity contribution < 1.29 is 14.3 Å². The van der Waals surface area contributed by atoms with Crippen LogP contribution in [-0.2, 0) is 14.3 Å². The molecule has 0 radical (unpaired) electrons. The molecule has 0 rings (SSSR count). The fourth-order valence-electron chi connectivity index (χ4n) is 1.06.